The van der Waals surface area contributed by atoms with Gasteiger partial charge in [0.05, 0.1) is 13.7 Å². The van der Waals surface area contributed by atoms with E-state index >= 15 is 0 Å². The number of hydrogen-bond donors (Lipinski definition) is 2. The summed E-state index contributed by atoms with van der Waals surface area (Å²) in [6, 6.07) is 7.92. The lowest BCUT2D eigenvalue weighted by Crippen LogP contribution is -2.64. The first-order valence-corrected chi connectivity index (χ1v) is 9.71. The van der Waals surface area contributed by atoms with Gasteiger partial charge in [-0.2, -0.15) is 0 Å². The highest BCUT2D eigenvalue weighted by molar-refractivity contribution is 5.89. The van der Waals surface area contributed by atoms with Gasteiger partial charge < -0.3 is 25.0 Å². The van der Waals surface area contributed by atoms with Crippen molar-refractivity contribution < 1.29 is 14.6 Å². The van der Waals surface area contributed by atoms with Crippen LogP contribution in [-0.2, 0) is 0 Å². The first-order valence-electron chi connectivity index (χ1n) is 9.71. The summed E-state index contributed by atoms with van der Waals surface area (Å²) in [5, 5.41) is 12.6. The Hall–Kier alpha value is -1.83. The fourth-order valence-corrected chi connectivity index (χ4v) is 4.20. The molecular formula is C20H32N4O3. The molecular weight excluding hydrogens is 344 g/mol. The van der Waals surface area contributed by atoms with Crippen LogP contribution in [0.25, 0.3) is 0 Å². The highest BCUT2D eigenvalue weighted by Gasteiger charge is 2.41. The molecule has 2 aliphatic heterocycles. The Kier molecular flexibility index (Phi) is 6.57. The predicted molar refractivity (Wildman–Crippen MR) is 106 cm³/mol. The molecule has 2 saturated heterocycles. The van der Waals surface area contributed by atoms with E-state index < -0.39 is 0 Å². The maximum atomic E-state index is 12.8. The summed E-state index contributed by atoms with van der Waals surface area (Å²) >= 11 is 0. The molecule has 0 radical (unpaired) electrons. The molecule has 0 aliphatic carbocycles. The normalized spacial score (nSPS) is 26.0. The Morgan fingerprint density at radius 3 is 2.67 bits per heavy atom. The van der Waals surface area contributed by atoms with Crippen molar-refractivity contribution in [3.05, 3.63) is 24.3 Å². The number of anilines is 1. The Morgan fingerprint density at radius 1 is 1.30 bits per heavy atom. The van der Waals surface area contributed by atoms with Crippen LogP contribution in [-0.4, -0.2) is 91.9 Å². The number of hydrogen-bond acceptors (Lipinski definition) is 5. The van der Waals surface area contributed by atoms with Gasteiger partial charge in [-0.3, -0.25) is 4.90 Å². The van der Waals surface area contributed by atoms with E-state index in [0.717, 1.165) is 43.9 Å². The average molecular weight is 377 g/mol. The molecule has 2 aliphatic rings. The zero-order valence-corrected chi connectivity index (χ0v) is 16.6. The molecule has 2 fully saturated rings. The number of fused-ring (bicyclic) bond motifs is 1. The van der Waals surface area contributed by atoms with Gasteiger partial charge in [-0.05, 0) is 57.1 Å². The summed E-state index contributed by atoms with van der Waals surface area (Å²) in [5.74, 6) is 1.26. The minimum atomic E-state index is -0.0573. The lowest BCUT2D eigenvalue weighted by atomic mass is 9.88. The van der Waals surface area contributed by atoms with Crippen LogP contribution in [0.15, 0.2) is 24.3 Å². The van der Waals surface area contributed by atoms with Crippen molar-refractivity contribution in [3.8, 4) is 5.75 Å². The van der Waals surface area contributed by atoms with Crippen LogP contribution in [0.3, 0.4) is 0 Å². The molecule has 1 aromatic rings. The molecule has 7 nitrogen and oxygen atoms in total. The lowest BCUT2D eigenvalue weighted by molar-refractivity contribution is -0.0489. The van der Waals surface area contributed by atoms with Gasteiger partial charge in [0, 0.05) is 44.0 Å². The number of amides is 2. The van der Waals surface area contributed by atoms with E-state index in [0.29, 0.717) is 18.5 Å². The number of ether oxygens (including phenoxy) is 1. The molecule has 0 spiro atoms. The smallest absolute Gasteiger partial charge is 0.321 e. The Morgan fingerprint density at radius 2 is 2.04 bits per heavy atom. The van der Waals surface area contributed by atoms with Gasteiger partial charge in [0.15, 0.2) is 0 Å². The Balaban J connectivity index is 1.65. The second-order valence-electron chi connectivity index (χ2n) is 7.94. The number of nitrogens with zero attached hydrogens (tertiary/aromatic N) is 3. The molecule has 27 heavy (non-hydrogen) atoms. The highest BCUT2D eigenvalue weighted by atomic mass is 16.5. The molecule has 1 unspecified atom stereocenters. The summed E-state index contributed by atoms with van der Waals surface area (Å²) in [5.41, 5.74) is 0.770. The molecule has 0 bridgehead atoms. The highest BCUT2D eigenvalue weighted by Crippen LogP contribution is 2.30. The van der Waals surface area contributed by atoms with Crippen molar-refractivity contribution in [2.45, 2.75) is 24.9 Å². The van der Waals surface area contributed by atoms with Crippen LogP contribution in [0.5, 0.6) is 5.75 Å². The summed E-state index contributed by atoms with van der Waals surface area (Å²) in [6.07, 6.45) is 1.92. The second-order valence-corrected chi connectivity index (χ2v) is 7.94. The van der Waals surface area contributed by atoms with Gasteiger partial charge in [-0.15, -0.1) is 0 Å². The van der Waals surface area contributed by atoms with Crippen LogP contribution >= 0.6 is 0 Å². The van der Waals surface area contributed by atoms with E-state index in [1.165, 1.54) is 0 Å². The predicted octanol–water partition coefficient (Wildman–Crippen LogP) is 1.55. The lowest BCUT2D eigenvalue weighted by Gasteiger charge is -2.52. The number of urea groups is 1. The first kappa shape index (κ1) is 19.9. The SMILES string of the molecule is COc1ccc(NC(=O)N2CCC(CN(C)C)CN3[C@H](CO)C[C@@H]3C2)cc1. The number of benzene rings is 1. The van der Waals surface area contributed by atoms with E-state index in [-0.39, 0.29) is 18.7 Å². The van der Waals surface area contributed by atoms with Crippen LogP contribution in [0.4, 0.5) is 10.5 Å². The van der Waals surface area contributed by atoms with Gasteiger partial charge in [-0.25, -0.2) is 4.79 Å². The van der Waals surface area contributed by atoms with Crippen LogP contribution in [0.1, 0.15) is 12.8 Å². The zero-order valence-electron chi connectivity index (χ0n) is 16.6. The van der Waals surface area contributed by atoms with Gasteiger partial charge in [0.25, 0.3) is 0 Å². The molecule has 2 amide bonds. The number of aliphatic hydroxyl groups excluding tert-OH is 1. The Labute approximate surface area is 161 Å². The van der Waals surface area contributed by atoms with E-state index in [1.54, 1.807) is 7.11 Å². The number of carbonyl (C=O) groups excluding carboxylic acids is 1. The summed E-state index contributed by atoms with van der Waals surface area (Å²) in [6.45, 7) is 3.67. The third-order valence-corrected chi connectivity index (χ3v) is 5.65. The minimum Gasteiger partial charge on any atom is -0.497 e. The standard InChI is InChI=1S/C20H32N4O3/c1-22(2)11-15-8-9-23(13-17-10-18(14-25)24(17)12-15)20(26)21-16-4-6-19(27-3)7-5-16/h4-7,15,17-18,25H,8-14H2,1-3H3,(H,21,26)/t15?,17-,18+/m1/s1. The van der Waals surface area contributed by atoms with Gasteiger partial charge in [0.2, 0.25) is 0 Å². The topological polar surface area (TPSA) is 68.3 Å². The van der Waals surface area contributed by atoms with Crippen molar-refractivity contribution in [1.29, 1.82) is 0 Å². The van der Waals surface area contributed by atoms with Crippen molar-refractivity contribution in [2.75, 3.05) is 59.3 Å². The second kappa shape index (κ2) is 8.91. The van der Waals surface area contributed by atoms with Crippen molar-refractivity contribution in [3.63, 3.8) is 0 Å². The van der Waals surface area contributed by atoms with Crippen molar-refractivity contribution in [1.82, 2.24) is 14.7 Å². The van der Waals surface area contributed by atoms with Gasteiger partial charge >= 0.3 is 6.03 Å². The van der Waals surface area contributed by atoms with Crippen molar-refractivity contribution >= 4 is 11.7 Å². The number of aliphatic hydroxyl groups is 1. The third kappa shape index (κ3) is 4.91. The summed E-state index contributed by atoms with van der Waals surface area (Å²) in [4.78, 5) is 19.4. The number of carbonyl (C=O) groups is 1. The number of methoxy groups -OCH3 is 1. The molecule has 0 aromatic heterocycles. The summed E-state index contributed by atoms with van der Waals surface area (Å²) < 4.78 is 5.17. The van der Waals surface area contributed by atoms with E-state index in [2.05, 4.69) is 29.2 Å². The fourth-order valence-electron chi connectivity index (χ4n) is 4.20. The van der Waals surface area contributed by atoms with Gasteiger partial charge in [-0.1, -0.05) is 0 Å². The van der Waals surface area contributed by atoms with E-state index in [9.17, 15) is 9.90 Å². The molecule has 1 aromatic carbocycles. The molecule has 7 heteroatoms. The molecule has 3 atom stereocenters. The van der Waals surface area contributed by atoms with Crippen molar-refractivity contribution in [2.24, 2.45) is 5.92 Å². The minimum absolute atomic E-state index is 0.0573. The first-order chi connectivity index (χ1) is 13.0. The zero-order chi connectivity index (χ0) is 19.4. The summed E-state index contributed by atoms with van der Waals surface area (Å²) in [7, 11) is 5.80. The van der Waals surface area contributed by atoms with Crippen LogP contribution in [0.2, 0.25) is 0 Å². The van der Waals surface area contributed by atoms with Gasteiger partial charge in [0.1, 0.15) is 5.75 Å². The monoisotopic (exact) mass is 376 g/mol. The maximum absolute atomic E-state index is 12.8. The molecule has 150 valence electrons. The van der Waals surface area contributed by atoms with E-state index in [4.69, 9.17) is 4.74 Å². The fraction of sp³-hybridized carbons (Fsp3) is 0.650. The third-order valence-electron chi connectivity index (χ3n) is 5.65. The van der Waals surface area contributed by atoms with Crippen LogP contribution < -0.4 is 10.1 Å². The van der Waals surface area contributed by atoms with E-state index in [1.807, 2.05) is 29.2 Å². The van der Waals surface area contributed by atoms with Crippen LogP contribution in [0, 0.1) is 5.92 Å². The number of rotatable bonds is 5. The quantitative estimate of drug-likeness (QED) is 0.816. The molecule has 2 heterocycles. The maximum Gasteiger partial charge on any atom is 0.321 e. The largest absolute Gasteiger partial charge is 0.497 e. The molecule has 3 rings (SSSR count). The molecule has 2 N–H and O–H groups in total. The molecule has 0 saturated carbocycles. The Bertz CT molecular complexity index is 622. The number of nitrogens with one attached hydrogen (secondary N) is 1. The average Bonchev–Trinajstić information content (AvgIpc) is 2.63.